The molecule has 0 aromatic carbocycles. The smallest absolute Gasteiger partial charge is 0.310 e. The number of ether oxygens (including phenoxy) is 3. The van der Waals surface area contributed by atoms with E-state index in [1.165, 1.54) is 12.6 Å². The van der Waals surface area contributed by atoms with E-state index in [0.717, 1.165) is 44.1 Å². The third-order valence-electron chi connectivity index (χ3n) is 12.9. The molecule has 4 unspecified atom stereocenters. The maximum Gasteiger partial charge on any atom is 0.310 e. The molecule has 7 rings (SSSR count). The SMILES string of the molecule is CC(CNC(=O)c1cccnc1)C(=O)OCC(=O)[C@@]12O[C@H](C3CCCCC3)O[C@H]1CC1C3CCC4=CC(=O)C=C[C@]4(C)C3[C@@H](O)C[C@@]12C. The molecule has 6 aliphatic rings. The van der Waals surface area contributed by atoms with Crippen LogP contribution in [0.2, 0.25) is 0 Å². The highest BCUT2D eigenvalue weighted by molar-refractivity contribution is 6.01. The molecule has 1 aromatic rings. The maximum atomic E-state index is 14.6. The van der Waals surface area contributed by atoms with Gasteiger partial charge in [0.1, 0.15) is 0 Å². The lowest BCUT2D eigenvalue weighted by Crippen LogP contribution is -2.63. The molecule has 258 valence electrons. The third-order valence-corrected chi connectivity index (χ3v) is 12.9. The predicted molar refractivity (Wildman–Crippen MR) is 174 cm³/mol. The van der Waals surface area contributed by atoms with Gasteiger partial charge in [-0.15, -0.1) is 0 Å². The molecule has 4 saturated carbocycles. The number of nitrogens with one attached hydrogen (secondary N) is 1. The summed E-state index contributed by atoms with van der Waals surface area (Å²) in [5.41, 5.74) is -1.08. The quantitative estimate of drug-likeness (QED) is 0.386. The molecule has 0 radical (unpaired) electrons. The van der Waals surface area contributed by atoms with E-state index in [2.05, 4.69) is 24.1 Å². The van der Waals surface area contributed by atoms with Crippen molar-refractivity contribution in [1.82, 2.24) is 10.3 Å². The van der Waals surface area contributed by atoms with Crippen LogP contribution >= 0.6 is 0 Å². The number of fused-ring (bicyclic) bond motifs is 7. The second-order valence-electron chi connectivity index (χ2n) is 15.6. The van der Waals surface area contributed by atoms with E-state index in [1.807, 2.05) is 6.08 Å². The van der Waals surface area contributed by atoms with Gasteiger partial charge in [0.15, 0.2) is 24.3 Å². The summed E-state index contributed by atoms with van der Waals surface area (Å²) in [6, 6.07) is 3.30. The fourth-order valence-electron chi connectivity index (χ4n) is 10.5. The van der Waals surface area contributed by atoms with Crippen molar-refractivity contribution in [2.45, 2.75) is 103 Å². The number of rotatable bonds is 8. The largest absolute Gasteiger partial charge is 0.457 e. The van der Waals surface area contributed by atoms with Gasteiger partial charge in [-0.2, -0.15) is 0 Å². The summed E-state index contributed by atoms with van der Waals surface area (Å²) in [4.78, 5) is 56.4. The second kappa shape index (κ2) is 12.6. The normalized spacial score (nSPS) is 39.3. The van der Waals surface area contributed by atoms with Crippen LogP contribution in [0.4, 0.5) is 0 Å². The van der Waals surface area contributed by atoms with Crippen LogP contribution < -0.4 is 5.32 Å². The lowest BCUT2D eigenvalue weighted by atomic mass is 9.46. The Balaban J connectivity index is 1.11. The predicted octanol–water partition coefficient (Wildman–Crippen LogP) is 4.51. The minimum absolute atomic E-state index is 0.00805. The number of amides is 1. The molecular formula is C38H48N2O8. The van der Waals surface area contributed by atoms with Crippen LogP contribution in [0.15, 0.2) is 48.3 Å². The zero-order chi connectivity index (χ0) is 33.8. The van der Waals surface area contributed by atoms with Crippen LogP contribution in [0.3, 0.4) is 0 Å². The fraction of sp³-hybridized carbons (Fsp3) is 0.658. The van der Waals surface area contributed by atoms with Crippen LogP contribution in [0.5, 0.6) is 0 Å². The molecule has 0 bridgehead atoms. The van der Waals surface area contributed by atoms with Crippen molar-refractivity contribution in [2.24, 2.45) is 40.4 Å². The molecule has 1 saturated heterocycles. The molecule has 48 heavy (non-hydrogen) atoms. The Bertz CT molecular complexity index is 1520. The van der Waals surface area contributed by atoms with Crippen LogP contribution in [0.25, 0.3) is 0 Å². The highest BCUT2D eigenvalue weighted by Gasteiger charge is 2.76. The van der Waals surface area contributed by atoms with Crippen molar-refractivity contribution >= 4 is 23.4 Å². The third kappa shape index (κ3) is 5.30. The number of esters is 1. The Hall–Kier alpha value is -3.21. The first kappa shape index (κ1) is 33.3. The molecule has 5 aliphatic carbocycles. The minimum Gasteiger partial charge on any atom is -0.457 e. The van der Waals surface area contributed by atoms with Crippen molar-refractivity contribution in [1.29, 1.82) is 0 Å². The number of carbonyl (C=O) groups is 4. The summed E-state index contributed by atoms with van der Waals surface area (Å²) in [5.74, 6) is -1.73. The number of aromatic nitrogens is 1. The summed E-state index contributed by atoms with van der Waals surface area (Å²) in [6.07, 6.45) is 14.5. The number of aliphatic hydroxyl groups excluding tert-OH is 1. The molecule has 0 spiro atoms. The van der Waals surface area contributed by atoms with Crippen LogP contribution in [-0.4, -0.2) is 70.8 Å². The molecule has 10 heteroatoms. The van der Waals surface area contributed by atoms with E-state index in [9.17, 15) is 24.3 Å². The standard InChI is InChI=1S/C38H48N2O8/c1-22(19-40-33(44)24-10-7-15-39-20-24)34(45)46-21-30(43)38-31(47-35(48-38)23-8-5-4-6-9-23)17-28-27-12-11-25-16-26(41)13-14-36(25,2)32(27)29(42)18-37(28,38)3/h7,10,13-16,20,22-23,27-29,31-32,35,42H,4-6,8-9,11-12,17-19,21H2,1-3H3,(H,40,44)/t22?,27?,28?,29-,31-,32?,35+,36-,37-,38+/m0/s1. The number of Topliss-reactive ketones (excluding diaryl/α,β-unsaturated/α-hetero) is 1. The van der Waals surface area contributed by atoms with Crippen LogP contribution in [-0.2, 0) is 28.6 Å². The topological polar surface area (TPSA) is 141 Å². The molecule has 10 nitrogen and oxygen atoms in total. The van der Waals surface area contributed by atoms with Gasteiger partial charge >= 0.3 is 5.97 Å². The van der Waals surface area contributed by atoms with Crippen LogP contribution in [0.1, 0.15) is 88.9 Å². The van der Waals surface area contributed by atoms with Crippen molar-refractivity contribution in [2.75, 3.05) is 13.2 Å². The van der Waals surface area contributed by atoms with E-state index >= 15 is 0 Å². The Morgan fingerprint density at radius 3 is 2.71 bits per heavy atom. The fourth-order valence-corrected chi connectivity index (χ4v) is 10.5. The van der Waals surface area contributed by atoms with E-state index in [-0.39, 0.29) is 47.7 Å². The van der Waals surface area contributed by atoms with E-state index in [1.54, 1.807) is 37.4 Å². The average molecular weight is 661 g/mol. The first-order chi connectivity index (χ1) is 23.0. The van der Waals surface area contributed by atoms with Crippen LogP contribution in [0, 0.1) is 40.4 Å². The number of hydrogen-bond acceptors (Lipinski definition) is 9. The molecule has 1 aliphatic heterocycles. The number of aliphatic hydroxyl groups is 1. The zero-order valence-electron chi connectivity index (χ0n) is 28.2. The molecule has 10 atom stereocenters. The number of pyridine rings is 1. The van der Waals surface area contributed by atoms with Gasteiger partial charge in [0.05, 0.1) is 23.7 Å². The van der Waals surface area contributed by atoms with Crippen molar-refractivity contribution in [3.8, 4) is 0 Å². The lowest BCUT2D eigenvalue weighted by molar-refractivity contribution is -0.210. The Morgan fingerprint density at radius 2 is 1.96 bits per heavy atom. The van der Waals surface area contributed by atoms with Crippen molar-refractivity contribution < 1.29 is 38.5 Å². The number of ketones is 2. The van der Waals surface area contributed by atoms with Crippen molar-refractivity contribution in [3.63, 3.8) is 0 Å². The Morgan fingerprint density at radius 1 is 1.17 bits per heavy atom. The van der Waals surface area contributed by atoms with Gasteiger partial charge in [-0.1, -0.05) is 51.7 Å². The van der Waals surface area contributed by atoms with Gasteiger partial charge in [0.25, 0.3) is 5.91 Å². The monoisotopic (exact) mass is 660 g/mol. The van der Waals surface area contributed by atoms with Gasteiger partial charge in [-0.25, -0.2) is 0 Å². The van der Waals surface area contributed by atoms with E-state index < -0.39 is 53.4 Å². The Kier molecular flexibility index (Phi) is 8.74. The van der Waals surface area contributed by atoms with Gasteiger partial charge in [-0.3, -0.25) is 24.2 Å². The Labute approximate surface area is 282 Å². The van der Waals surface area contributed by atoms with Gasteiger partial charge in [0.2, 0.25) is 5.78 Å². The molecule has 1 amide bonds. The maximum absolute atomic E-state index is 14.6. The van der Waals surface area contributed by atoms with Gasteiger partial charge in [0, 0.05) is 41.6 Å². The summed E-state index contributed by atoms with van der Waals surface area (Å²) in [7, 11) is 0. The van der Waals surface area contributed by atoms with Crippen molar-refractivity contribution in [3.05, 3.63) is 53.9 Å². The first-order valence-corrected chi connectivity index (χ1v) is 17.8. The zero-order valence-corrected chi connectivity index (χ0v) is 28.2. The summed E-state index contributed by atoms with van der Waals surface area (Å²) < 4.78 is 19.3. The van der Waals surface area contributed by atoms with E-state index in [4.69, 9.17) is 14.2 Å². The van der Waals surface area contributed by atoms with Gasteiger partial charge in [-0.05, 0) is 74.6 Å². The number of nitrogens with zero attached hydrogens (tertiary/aromatic N) is 1. The molecule has 2 heterocycles. The summed E-state index contributed by atoms with van der Waals surface area (Å²) >= 11 is 0. The first-order valence-electron chi connectivity index (χ1n) is 17.8. The van der Waals surface area contributed by atoms with Gasteiger partial charge < -0.3 is 24.6 Å². The molecule has 2 N–H and O–H groups in total. The highest BCUT2D eigenvalue weighted by atomic mass is 16.7. The molecular weight excluding hydrogens is 612 g/mol. The number of hydrogen-bond donors (Lipinski definition) is 2. The average Bonchev–Trinajstić information content (AvgIpc) is 3.59. The molecule has 1 aromatic heterocycles. The number of carbonyl (C=O) groups excluding carboxylic acids is 4. The minimum atomic E-state index is -1.36. The van der Waals surface area contributed by atoms with E-state index in [0.29, 0.717) is 18.4 Å². The second-order valence-corrected chi connectivity index (χ2v) is 15.6. The highest BCUT2D eigenvalue weighted by Crippen LogP contribution is 2.70. The number of allylic oxidation sites excluding steroid dienone is 4. The molecule has 5 fully saturated rings. The summed E-state index contributed by atoms with van der Waals surface area (Å²) in [5, 5.41) is 14.8. The summed E-state index contributed by atoms with van der Waals surface area (Å²) in [6.45, 7) is 5.43. The lowest BCUT2D eigenvalue weighted by Gasteiger charge is -2.59.